The van der Waals surface area contributed by atoms with Crippen LogP contribution in [0.5, 0.6) is 0 Å². The molecular weight excluding hydrogens is 276 g/mol. The normalized spacial score (nSPS) is 15.5. The average molecular weight is 296 g/mol. The first-order chi connectivity index (χ1) is 9.48. The van der Waals surface area contributed by atoms with E-state index in [9.17, 15) is 8.42 Å². The zero-order valence-corrected chi connectivity index (χ0v) is 12.7. The number of terminal acetylenes is 1. The Morgan fingerprint density at radius 1 is 1.55 bits per heavy atom. The van der Waals surface area contributed by atoms with Crippen molar-refractivity contribution in [2.45, 2.75) is 31.2 Å². The number of furan rings is 1. The van der Waals surface area contributed by atoms with E-state index in [1.165, 1.54) is 4.31 Å². The molecule has 0 aliphatic heterocycles. The Kier molecular flexibility index (Phi) is 4.53. The molecule has 1 N–H and O–H groups in total. The van der Waals surface area contributed by atoms with Gasteiger partial charge in [-0.1, -0.05) is 5.92 Å². The molecule has 1 aliphatic rings. The zero-order valence-electron chi connectivity index (χ0n) is 11.8. The minimum Gasteiger partial charge on any atom is -0.464 e. The molecule has 5 nitrogen and oxygen atoms in total. The van der Waals surface area contributed by atoms with Gasteiger partial charge >= 0.3 is 0 Å². The monoisotopic (exact) mass is 296 g/mol. The molecule has 20 heavy (non-hydrogen) atoms. The van der Waals surface area contributed by atoms with Gasteiger partial charge in [-0.25, -0.2) is 8.42 Å². The molecule has 1 aliphatic carbocycles. The van der Waals surface area contributed by atoms with Crippen molar-refractivity contribution in [1.82, 2.24) is 9.62 Å². The van der Waals surface area contributed by atoms with Crippen molar-refractivity contribution in [2.75, 3.05) is 20.1 Å². The number of sulfonamides is 1. The number of aryl methyl sites for hydroxylation is 1. The van der Waals surface area contributed by atoms with Crippen molar-refractivity contribution < 1.29 is 12.8 Å². The summed E-state index contributed by atoms with van der Waals surface area (Å²) >= 11 is 0. The number of rotatable bonds is 7. The summed E-state index contributed by atoms with van der Waals surface area (Å²) in [6.45, 7) is 2.76. The molecule has 0 unspecified atom stereocenters. The van der Waals surface area contributed by atoms with Gasteiger partial charge in [-0.3, -0.25) is 0 Å². The first kappa shape index (κ1) is 15.1. The van der Waals surface area contributed by atoms with Crippen LogP contribution in [0.15, 0.2) is 15.4 Å². The second-order valence-corrected chi connectivity index (χ2v) is 7.01. The highest BCUT2D eigenvalue weighted by Crippen LogP contribution is 2.32. The van der Waals surface area contributed by atoms with E-state index in [4.69, 9.17) is 10.8 Å². The first-order valence-electron chi connectivity index (χ1n) is 6.66. The van der Waals surface area contributed by atoms with Crippen molar-refractivity contribution in [1.29, 1.82) is 0 Å². The Morgan fingerprint density at radius 2 is 2.25 bits per heavy atom. The Bertz CT molecular complexity index is 609. The fraction of sp³-hybridized carbons (Fsp3) is 0.571. The van der Waals surface area contributed by atoms with Crippen molar-refractivity contribution >= 4 is 10.0 Å². The van der Waals surface area contributed by atoms with E-state index in [2.05, 4.69) is 11.2 Å². The van der Waals surface area contributed by atoms with Crippen LogP contribution in [-0.2, 0) is 16.6 Å². The third kappa shape index (κ3) is 3.23. The summed E-state index contributed by atoms with van der Waals surface area (Å²) in [5.41, 5.74) is 0. The maximum atomic E-state index is 12.7. The lowest BCUT2D eigenvalue weighted by Crippen LogP contribution is -2.33. The van der Waals surface area contributed by atoms with Gasteiger partial charge in [0.05, 0.1) is 13.1 Å². The average Bonchev–Trinajstić information content (AvgIpc) is 3.12. The molecule has 0 aromatic carbocycles. The van der Waals surface area contributed by atoms with Gasteiger partial charge in [0.15, 0.2) is 0 Å². The lowest BCUT2D eigenvalue weighted by atomic mass is 10.4. The number of hydrogen-bond acceptors (Lipinski definition) is 4. The molecule has 0 spiro atoms. The second kappa shape index (κ2) is 6.00. The van der Waals surface area contributed by atoms with E-state index in [-0.39, 0.29) is 11.4 Å². The van der Waals surface area contributed by atoms with Crippen molar-refractivity contribution in [3.8, 4) is 12.3 Å². The van der Waals surface area contributed by atoms with Crippen LogP contribution < -0.4 is 5.32 Å². The van der Waals surface area contributed by atoms with Crippen LogP contribution in [0.2, 0.25) is 0 Å². The molecule has 1 aromatic rings. The maximum Gasteiger partial charge on any atom is 0.247 e. The molecule has 1 fully saturated rings. The van der Waals surface area contributed by atoms with Gasteiger partial charge in [0.2, 0.25) is 10.0 Å². The molecule has 1 heterocycles. The van der Waals surface area contributed by atoms with E-state index >= 15 is 0 Å². The quantitative estimate of drug-likeness (QED) is 0.771. The Labute approximate surface area is 120 Å². The van der Waals surface area contributed by atoms with Crippen LogP contribution in [0.25, 0.3) is 0 Å². The van der Waals surface area contributed by atoms with E-state index in [1.807, 2.05) is 0 Å². The smallest absolute Gasteiger partial charge is 0.247 e. The van der Waals surface area contributed by atoms with Crippen LogP contribution >= 0.6 is 0 Å². The van der Waals surface area contributed by atoms with Crippen LogP contribution in [0.3, 0.4) is 0 Å². The minimum absolute atomic E-state index is 0.102. The van der Waals surface area contributed by atoms with Crippen LogP contribution in [0.4, 0.5) is 0 Å². The zero-order chi connectivity index (χ0) is 14.8. The molecule has 1 saturated carbocycles. The standard InChI is InChI=1S/C14H20N2O3S/c1-4-7-16(10-12-5-6-12)20(17,18)14-8-13(9-15-3)19-11(14)2/h1,8,12,15H,5-7,9-10H2,2-3H3. The third-order valence-corrected chi connectivity index (χ3v) is 5.24. The van der Waals surface area contributed by atoms with Crippen LogP contribution in [-0.4, -0.2) is 32.9 Å². The third-order valence-electron chi connectivity index (χ3n) is 3.32. The predicted octanol–water partition coefficient (Wildman–Crippen LogP) is 1.34. The van der Waals surface area contributed by atoms with Crippen molar-refractivity contribution in [3.05, 3.63) is 17.6 Å². The molecule has 6 heteroatoms. The summed E-state index contributed by atoms with van der Waals surface area (Å²) in [5, 5.41) is 2.94. The summed E-state index contributed by atoms with van der Waals surface area (Å²) in [4.78, 5) is 0.221. The Morgan fingerprint density at radius 3 is 2.80 bits per heavy atom. The topological polar surface area (TPSA) is 62.6 Å². The Balaban J connectivity index is 2.28. The molecule has 0 saturated heterocycles. The van der Waals surface area contributed by atoms with Gasteiger partial charge in [-0.2, -0.15) is 4.31 Å². The van der Waals surface area contributed by atoms with E-state index < -0.39 is 10.0 Å². The summed E-state index contributed by atoms with van der Waals surface area (Å²) in [6.07, 6.45) is 7.45. The fourth-order valence-electron chi connectivity index (χ4n) is 2.12. The van der Waals surface area contributed by atoms with Crippen molar-refractivity contribution in [2.24, 2.45) is 5.92 Å². The SMILES string of the molecule is C#CCN(CC1CC1)S(=O)(=O)c1cc(CNC)oc1C. The molecule has 0 bridgehead atoms. The summed E-state index contributed by atoms with van der Waals surface area (Å²) < 4.78 is 32.2. The highest BCUT2D eigenvalue weighted by molar-refractivity contribution is 7.89. The lowest BCUT2D eigenvalue weighted by molar-refractivity contribution is 0.426. The van der Waals surface area contributed by atoms with Gasteiger partial charge in [-0.05, 0) is 32.7 Å². The second-order valence-electron chi connectivity index (χ2n) is 5.11. The number of hydrogen-bond donors (Lipinski definition) is 1. The van der Waals surface area contributed by atoms with Gasteiger partial charge in [-0.15, -0.1) is 6.42 Å². The fourth-order valence-corrected chi connectivity index (χ4v) is 3.73. The molecular formula is C14H20N2O3S. The maximum absolute atomic E-state index is 12.7. The first-order valence-corrected chi connectivity index (χ1v) is 8.10. The van der Waals surface area contributed by atoms with Gasteiger partial charge in [0.25, 0.3) is 0 Å². The molecule has 0 amide bonds. The highest BCUT2D eigenvalue weighted by atomic mass is 32.2. The van der Waals surface area contributed by atoms with Crippen molar-refractivity contribution in [3.63, 3.8) is 0 Å². The lowest BCUT2D eigenvalue weighted by Gasteiger charge is -2.19. The van der Waals surface area contributed by atoms with Crippen LogP contribution in [0.1, 0.15) is 24.4 Å². The van der Waals surface area contributed by atoms with Gasteiger partial charge in [0, 0.05) is 12.6 Å². The predicted molar refractivity (Wildman–Crippen MR) is 76.5 cm³/mol. The van der Waals surface area contributed by atoms with E-state index in [1.54, 1.807) is 20.0 Å². The summed E-state index contributed by atoms with van der Waals surface area (Å²) in [7, 11) is -1.80. The highest BCUT2D eigenvalue weighted by Gasteiger charge is 2.33. The molecule has 0 radical (unpaired) electrons. The summed E-state index contributed by atoms with van der Waals surface area (Å²) in [5.74, 6) is 3.90. The number of nitrogens with one attached hydrogen (secondary N) is 1. The molecule has 0 atom stereocenters. The van der Waals surface area contributed by atoms with Crippen LogP contribution in [0, 0.1) is 25.2 Å². The van der Waals surface area contributed by atoms with E-state index in [0.717, 1.165) is 12.8 Å². The largest absolute Gasteiger partial charge is 0.464 e. The van der Waals surface area contributed by atoms with Gasteiger partial charge in [0.1, 0.15) is 16.4 Å². The minimum atomic E-state index is -3.58. The molecule has 1 aromatic heterocycles. The number of nitrogens with zero attached hydrogens (tertiary/aromatic N) is 1. The molecule has 110 valence electrons. The molecule has 2 rings (SSSR count). The van der Waals surface area contributed by atoms with Gasteiger partial charge < -0.3 is 9.73 Å². The van der Waals surface area contributed by atoms with E-state index in [0.29, 0.717) is 30.5 Å². The summed E-state index contributed by atoms with van der Waals surface area (Å²) in [6, 6.07) is 1.58. The Hall–Kier alpha value is -1.29.